The SMILES string of the molecule is COCC(O)CN(C)Cc1cc2ccccc2nc1N1CCCCC1. The number of hydrogen-bond donors (Lipinski definition) is 1. The number of para-hydroxylation sites is 1. The summed E-state index contributed by atoms with van der Waals surface area (Å²) in [5, 5.41) is 11.2. The topological polar surface area (TPSA) is 48.8 Å². The van der Waals surface area contributed by atoms with Gasteiger partial charge in [0.05, 0.1) is 18.2 Å². The molecular weight excluding hydrogens is 314 g/mol. The molecule has 25 heavy (non-hydrogen) atoms. The van der Waals surface area contributed by atoms with Crippen LogP contribution in [-0.4, -0.2) is 61.5 Å². The van der Waals surface area contributed by atoms with E-state index >= 15 is 0 Å². The minimum Gasteiger partial charge on any atom is -0.389 e. The lowest BCUT2D eigenvalue weighted by Gasteiger charge is -2.31. The van der Waals surface area contributed by atoms with Crippen LogP contribution in [0.4, 0.5) is 5.82 Å². The number of ether oxygens (including phenoxy) is 1. The van der Waals surface area contributed by atoms with Crippen molar-refractivity contribution in [3.63, 3.8) is 0 Å². The molecule has 1 N–H and O–H groups in total. The van der Waals surface area contributed by atoms with Crippen LogP contribution in [0.15, 0.2) is 30.3 Å². The highest BCUT2D eigenvalue weighted by Crippen LogP contribution is 2.27. The molecular formula is C20H29N3O2. The van der Waals surface area contributed by atoms with Crippen molar-refractivity contribution in [3.8, 4) is 0 Å². The largest absolute Gasteiger partial charge is 0.389 e. The van der Waals surface area contributed by atoms with Gasteiger partial charge in [0.1, 0.15) is 5.82 Å². The van der Waals surface area contributed by atoms with Gasteiger partial charge in [-0.15, -0.1) is 0 Å². The molecule has 1 aliphatic heterocycles. The standard InChI is InChI=1S/C20H29N3O2/c1-22(14-18(24)15-25-2)13-17-12-16-8-4-5-9-19(16)21-20(17)23-10-6-3-7-11-23/h4-5,8-9,12,18,24H,3,6-7,10-11,13-15H2,1-2H3. The first-order valence-electron chi connectivity index (χ1n) is 9.16. The van der Waals surface area contributed by atoms with E-state index < -0.39 is 6.10 Å². The van der Waals surface area contributed by atoms with Crippen molar-refractivity contribution < 1.29 is 9.84 Å². The summed E-state index contributed by atoms with van der Waals surface area (Å²) in [5.41, 5.74) is 2.28. The maximum Gasteiger partial charge on any atom is 0.133 e. The Labute approximate surface area is 150 Å². The first-order valence-corrected chi connectivity index (χ1v) is 9.16. The fraction of sp³-hybridized carbons (Fsp3) is 0.550. The van der Waals surface area contributed by atoms with Crippen molar-refractivity contribution in [2.24, 2.45) is 0 Å². The molecule has 3 rings (SSSR count). The highest BCUT2D eigenvalue weighted by molar-refractivity contribution is 5.81. The Kier molecular flexibility index (Phi) is 6.24. The van der Waals surface area contributed by atoms with Crippen LogP contribution in [-0.2, 0) is 11.3 Å². The van der Waals surface area contributed by atoms with Gasteiger partial charge in [0.2, 0.25) is 0 Å². The van der Waals surface area contributed by atoms with Crippen LogP contribution >= 0.6 is 0 Å². The molecule has 1 unspecified atom stereocenters. The number of pyridine rings is 1. The number of aliphatic hydroxyl groups excluding tert-OH is 1. The maximum atomic E-state index is 9.99. The Morgan fingerprint density at radius 1 is 1.24 bits per heavy atom. The summed E-state index contributed by atoms with van der Waals surface area (Å²) < 4.78 is 5.03. The predicted molar refractivity (Wildman–Crippen MR) is 102 cm³/mol. The lowest BCUT2D eigenvalue weighted by Crippen LogP contribution is -2.34. The number of likely N-dealkylation sites (N-methyl/N-ethyl adjacent to an activating group) is 1. The second-order valence-electron chi connectivity index (χ2n) is 7.02. The third-order valence-electron chi connectivity index (χ3n) is 4.76. The van der Waals surface area contributed by atoms with Gasteiger partial charge in [-0.1, -0.05) is 18.2 Å². The Balaban J connectivity index is 1.85. The first kappa shape index (κ1) is 18.1. The van der Waals surface area contributed by atoms with Gasteiger partial charge in [-0.2, -0.15) is 0 Å². The Hall–Kier alpha value is -1.69. The van der Waals surface area contributed by atoms with E-state index in [9.17, 15) is 5.11 Å². The molecule has 136 valence electrons. The molecule has 5 nitrogen and oxygen atoms in total. The number of rotatable bonds is 7. The predicted octanol–water partition coefficient (Wildman–Crippen LogP) is 2.66. The van der Waals surface area contributed by atoms with Gasteiger partial charge in [-0.25, -0.2) is 4.98 Å². The fourth-order valence-electron chi connectivity index (χ4n) is 3.61. The van der Waals surface area contributed by atoms with E-state index in [1.54, 1.807) is 7.11 Å². The van der Waals surface area contributed by atoms with E-state index in [1.807, 2.05) is 13.1 Å². The summed E-state index contributed by atoms with van der Waals surface area (Å²) >= 11 is 0. The second-order valence-corrected chi connectivity index (χ2v) is 7.02. The Morgan fingerprint density at radius 3 is 2.76 bits per heavy atom. The van der Waals surface area contributed by atoms with Gasteiger partial charge in [0.15, 0.2) is 0 Å². The number of aliphatic hydroxyl groups is 1. The minimum absolute atomic E-state index is 0.360. The molecule has 5 heteroatoms. The maximum absolute atomic E-state index is 9.99. The van der Waals surface area contributed by atoms with E-state index in [2.05, 4.69) is 34.1 Å². The van der Waals surface area contributed by atoms with Crippen LogP contribution in [0.1, 0.15) is 24.8 Å². The van der Waals surface area contributed by atoms with E-state index in [0.717, 1.165) is 31.0 Å². The molecule has 1 fully saturated rings. The third kappa shape index (κ3) is 4.69. The molecule has 0 saturated carbocycles. The van der Waals surface area contributed by atoms with Crippen molar-refractivity contribution >= 4 is 16.7 Å². The first-order chi connectivity index (χ1) is 12.2. The quantitative estimate of drug-likeness (QED) is 0.837. The molecule has 0 radical (unpaired) electrons. The number of piperidine rings is 1. The molecule has 0 aliphatic carbocycles. The molecule has 1 saturated heterocycles. The van der Waals surface area contributed by atoms with Crippen LogP contribution in [0.25, 0.3) is 10.9 Å². The van der Waals surface area contributed by atoms with Crippen LogP contribution < -0.4 is 4.90 Å². The van der Waals surface area contributed by atoms with Gasteiger partial charge in [-0.05, 0) is 38.4 Å². The molecule has 0 bridgehead atoms. The number of benzene rings is 1. The van der Waals surface area contributed by atoms with Crippen molar-refractivity contribution in [2.75, 3.05) is 45.3 Å². The molecule has 0 spiro atoms. The molecule has 1 atom stereocenters. The van der Waals surface area contributed by atoms with Gasteiger partial charge in [-0.3, -0.25) is 4.90 Å². The van der Waals surface area contributed by atoms with Crippen molar-refractivity contribution in [1.29, 1.82) is 0 Å². The molecule has 2 heterocycles. The molecule has 1 aromatic heterocycles. The van der Waals surface area contributed by atoms with E-state index in [4.69, 9.17) is 9.72 Å². The van der Waals surface area contributed by atoms with Gasteiger partial charge in [0, 0.05) is 44.2 Å². The second kappa shape index (κ2) is 8.61. The smallest absolute Gasteiger partial charge is 0.133 e. The van der Waals surface area contributed by atoms with Gasteiger partial charge < -0.3 is 14.7 Å². The average Bonchev–Trinajstić information content (AvgIpc) is 2.62. The van der Waals surface area contributed by atoms with E-state index in [1.165, 1.54) is 30.2 Å². The summed E-state index contributed by atoms with van der Waals surface area (Å²) in [5.74, 6) is 1.10. The lowest BCUT2D eigenvalue weighted by atomic mass is 10.1. The summed E-state index contributed by atoms with van der Waals surface area (Å²) in [6, 6.07) is 10.6. The fourth-order valence-corrected chi connectivity index (χ4v) is 3.61. The Bertz CT molecular complexity index is 686. The zero-order chi connectivity index (χ0) is 17.6. The number of anilines is 1. The highest BCUT2D eigenvalue weighted by atomic mass is 16.5. The van der Waals surface area contributed by atoms with E-state index in [-0.39, 0.29) is 0 Å². The number of aromatic nitrogens is 1. The van der Waals surface area contributed by atoms with Gasteiger partial charge in [0.25, 0.3) is 0 Å². The summed E-state index contributed by atoms with van der Waals surface area (Å²) in [6.07, 6.45) is 3.30. The zero-order valence-electron chi connectivity index (χ0n) is 15.3. The van der Waals surface area contributed by atoms with E-state index in [0.29, 0.717) is 13.2 Å². The number of nitrogens with zero attached hydrogens (tertiary/aromatic N) is 3. The highest BCUT2D eigenvalue weighted by Gasteiger charge is 2.18. The normalized spacial score (nSPS) is 16.6. The van der Waals surface area contributed by atoms with Crippen molar-refractivity contribution in [2.45, 2.75) is 31.9 Å². The Morgan fingerprint density at radius 2 is 2.00 bits per heavy atom. The minimum atomic E-state index is -0.471. The summed E-state index contributed by atoms with van der Waals surface area (Å²) in [6.45, 7) is 3.87. The van der Waals surface area contributed by atoms with Crippen LogP contribution in [0.5, 0.6) is 0 Å². The lowest BCUT2D eigenvalue weighted by molar-refractivity contribution is 0.0419. The number of fused-ring (bicyclic) bond motifs is 1. The molecule has 0 amide bonds. The summed E-state index contributed by atoms with van der Waals surface area (Å²) in [7, 11) is 3.65. The summed E-state index contributed by atoms with van der Waals surface area (Å²) in [4.78, 5) is 9.54. The molecule has 1 aromatic carbocycles. The monoisotopic (exact) mass is 343 g/mol. The van der Waals surface area contributed by atoms with Crippen molar-refractivity contribution in [3.05, 3.63) is 35.9 Å². The molecule has 2 aromatic rings. The number of methoxy groups -OCH3 is 1. The molecule has 1 aliphatic rings. The van der Waals surface area contributed by atoms with Crippen LogP contribution in [0.2, 0.25) is 0 Å². The van der Waals surface area contributed by atoms with Crippen molar-refractivity contribution in [1.82, 2.24) is 9.88 Å². The zero-order valence-corrected chi connectivity index (χ0v) is 15.3. The number of hydrogen-bond acceptors (Lipinski definition) is 5. The van der Waals surface area contributed by atoms with Crippen LogP contribution in [0, 0.1) is 0 Å². The van der Waals surface area contributed by atoms with Crippen LogP contribution in [0.3, 0.4) is 0 Å². The van der Waals surface area contributed by atoms with Gasteiger partial charge >= 0.3 is 0 Å². The third-order valence-corrected chi connectivity index (χ3v) is 4.76. The average molecular weight is 343 g/mol.